The summed E-state index contributed by atoms with van der Waals surface area (Å²) >= 11 is 5.75. The van der Waals surface area contributed by atoms with Crippen molar-refractivity contribution in [3.8, 4) is 0 Å². The second-order valence-electron chi connectivity index (χ2n) is 4.24. The molecule has 0 amide bonds. The summed E-state index contributed by atoms with van der Waals surface area (Å²) in [6.07, 6.45) is 0. The Hall–Kier alpha value is -1.42. The van der Waals surface area contributed by atoms with Crippen LogP contribution in [0.25, 0.3) is 0 Å². The van der Waals surface area contributed by atoms with E-state index in [9.17, 15) is 9.50 Å². The van der Waals surface area contributed by atoms with Crippen molar-refractivity contribution in [3.05, 3.63) is 70.5 Å². The van der Waals surface area contributed by atoms with E-state index in [0.29, 0.717) is 12.1 Å². The van der Waals surface area contributed by atoms with Crippen LogP contribution < -0.4 is 5.32 Å². The van der Waals surface area contributed by atoms with Gasteiger partial charge in [-0.2, -0.15) is 0 Å². The van der Waals surface area contributed by atoms with Gasteiger partial charge in [-0.1, -0.05) is 54.1 Å². The van der Waals surface area contributed by atoms with Crippen LogP contribution in [-0.2, 0) is 6.54 Å². The molecule has 2 N–H and O–H groups in total. The molecule has 0 saturated heterocycles. The Bertz CT molecular complexity index is 533. The van der Waals surface area contributed by atoms with Crippen LogP contribution in [0, 0.1) is 5.82 Å². The molecule has 19 heavy (non-hydrogen) atoms. The van der Waals surface area contributed by atoms with Crippen LogP contribution in [0.15, 0.2) is 48.5 Å². The number of halogens is 2. The topological polar surface area (TPSA) is 32.3 Å². The number of rotatable bonds is 5. The van der Waals surface area contributed by atoms with Crippen LogP contribution in [0.1, 0.15) is 17.2 Å². The van der Waals surface area contributed by atoms with Gasteiger partial charge >= 0.3 is 0 Å². The molecule has 4 heteroatoms. The summed E-state index contributed by atoms with van der Waals surface area (Å²) in [6, 6.07) is 14.1. The average molecular weight is 280 g/mol. The molecule has 0 aliphatic heterocycles. The van der Waals surface area contributed by atoms with Crippen molar-refractivity contribution in [2.45, 2.75) is 12.6 Å². The molecule has 0 spiro atoms. The Morgan fingerprint density at radius 1 is 1.11 bits per heavy atom. The molecule has 2 aromatic rings. The lowest BCUT2D eigenvalue weighted by Crippen LogP contribution is -2.25. The van der Waals surface area contributed by atoms with Crippen molar-refractivity contribution in [2.75, 3.05) is 6.61 Å². The van der Waals surface area contributed by atoms with E-state index in [-0.39, 0.29) is 11.6 Å². The van der Waals surface area contributed by atoms with E-state index in [1.54, 1.807) is 12.1 Å². The Morgan fingerprint density at radius 3 is 2.53 bits per heavy atom. The van der Waals surface area contributed by atoms with Gasteiger partial charge in [0.2, 0.25) is 0 Å². The zero-order valence-corrected chi connectivity index (χ0v) is 11.1. The summed E-state index contributed by atoms with van der Waals surface area (Å²) in [5.74, 6) is -0.483. The Balaban J connectivity index is 2.10. The molecule has 2 aromatic carbocycles. The Labute approximate surface area is 116 Å². The smallest absolute Gasteiger partial charge is 0.146 e. The van der Waals surface area contributed by atoms with Gasteiger partial charge in [-0.15, -0.1) is 0 Å². The average Bonchev–Trinajstić information content (AvgIpc) is 2.45. The number of benzene rings is 2. The summed E-state index contributed by atoms with van der Waals surface area (Å²) in [6.45, 7) is 0.363. The maximum absolute atomic E-state index is 13.9. The first-order chi connectivity index (χ1) is 9.22. The van der Waals surface area contributed by atoms with E-state index < -0.39 is 11.9 Å². The molecule has 2 rings (SSSR count). The van der Waals surface area contributed by atoms with E-state index in [1.165, 1.54) is 6.07 Å². The fraction of sp³-hybridized carbons (Fsp3) is 0.200. The molecular weight excluding hydrogens is 265 g/mol. The lowest BCUT2D eigenvalue weighted by Gasteiger charge is -2.18. The maximum Gasteiger partial charge on any atom is 0.146 e. The minimum atomic E-state index is -0.483. The second-order valence-corrected chi connectivity index (χ2v) is 4.65. The summed E-state index contributed by atoms with van der Waals surface area (Å²) in [5.41, 5.74) is 1.45. The van der Waals surface area contributed by atoms with Gasteiger partial charge in [-0.25, -0.2) is 4.39 Å². The summed E-state index contributed by atoms with van der Waals surface area (Å²) in [4.78, 5) is 0. The summed E-state index contributed by atoms with van der Waals surface area (Å²) in [5, 5.41) is 12.6. The molecular formula is C15H15ClFNO. The quantitative estimate of drug-likeness (QED) is 0.880. The third-order valence-electron chi connectivity index (χ3n) is 2.93. The zero-order chi connectivity index (χ0) is 13.7. The van der Waals surface area contributed by atoms with Gasteiger partial charge in [0.1, 0.15) is 5.82 Å². The molecule has 0 aliphatic carbocycles. The summed E-state index contributed by atoms with van der Waals surface area (Å²) < 4.78 is 13.9. The number of aliphatic hydroxyl groups excluding tert-OH is 1. The lowest BCUT2D eigenvalue weighted by molar-refractivity contribution is 0.240. The number of hydrogen-bond donors (Lipinski definition) is 2. The van der Waals surface area contributed by atoms with Crippen LogP contribution in [-0.4, -0.2) is 11.7 Å². The molecule has 0 saturated carbocycles. The predicted octanol–water partition coefficient (Wildman–Crippen LogP) is 3.30. The van der Waals surface area contributed by atoms with Gasteiger partial charge in [0.25, 0.3) is 0 Å². The Morgan fingerprint density at radius 2 is 1.84 bits per heavy atom. The van der Waals surface area contributed by atoms with Gasteiger partial charge < -0.3 is 10.4 Å². The largest absolute Gasteiger partial charge is 0.394 e. The highest BCUT2D eigenvalue weighted by atomic mass is 35.5. The van der Waals surface area contributed by atoms with Crippen LogP contribution in [0.5, 0.6) is 0 Å². The van der Waals surface area contributed by atoms with Gasteiger partial charge in [0, 0.05) is 12.1 Å². The van der Waals surface area contributed by atoms with Crippen molar-refractivity contribution < 1.29 is 9.50 Å². The van der Waals surface area contributed by atoms with Gasteiger partial charge in [-0.05, 0) is 11.6 Å². The van der Waals surface area contributed by atoms with Gasteiger partial charge in [0.05, 0.1) is 17.7 Å². The second kappa shape index (κ2) is 6.66. The van der Waals surface area contributed by atoms with E-state index in [2.05, 4.69) is 5.32 Å². The highest BCUT2D eigenvalue weighted by molar-refractivity contribution is 6.30. The lowest BCUT2D eigenvalue weighted by atomic mass is 10.1. The van der Waals surface area contributed by atoms with Crippen molar-refractivity contribution >= 4 is 11.6 Å². The van der Waals surface area contributed by atoms with Crippen LogP contribution in [0.4, 0.5) is 4.39 Å². The third kappa shape index (κ3) is 3.53. The molecule has 0 aliphatic rings. The van der Waals surface area contributed by atoms with E-state index in [0.717, 1.165) is 5.56 Å². The van der Waals surface area contributed by atoms with Crippen LogP contribution >= 0.6 is 11.6 Å². The normalized spacial score (nSPS) is 12.4. The molecule has 1 atom stereocenters. The van der Waals surface area contributed by atoms with E-state index >= 15 is 0 Å². The molecule has 2 nitrogen and oxygen atoms in total. The van der Waals surface area contributed by atoms with Crippen molar-refractivity contribution in [2.24, 2.45) is 0 Å². The third-order valence-corrected chi connectivity index (χ3v) is 3.23. The fourth-order valence-corrected chi connectivity index (χ4v) is 2.08. The van der Waals surface area contributed by atoms with Gasteiger partial charge in [0.15, 0.2) is 0 Å². The Kier molecular flexibility index (Phi) is 4.91. The monoisotopic (exact) mass is 279 g/mol. The van der Waals surface area contributed by atoms with Crippen LogP contribution in [0.3, 0.4) is 0 Å². The van der Waals surface area contributed by atoms with Crippen molar-refractivity contribution in [3.63, 3.8) is 0 Å². The molecule has 100 valence electrons. The standard InChI is InChI=1S/C15H15ClFNO/c16-13-8-4-7-12(15(13)17)14(10-19)18-9-11-5-2-1-3-6-11/h1-8,14,18-19H,9-10H2. The first kappa shape index (κ1) is 14.0. The minimum absolute atomic E-state index is 0.0671. The molecule has 0 bridgehead atoms. The van der Waals surface area contributed by atoms with Gasteiger partial charge in [-0.3, -0.25) is 0 Å². The maximum atomic E-state index is 13.9. The molecule has 0 fully saturated rings. The van der Waals surface area contributed by atoms with Crippen molar-refractivity contribution in [1.29, 1.82) is 0 Å². The molecule has 0 aromatic heterocycles. The van der Waals surface area contributed by atoms with E-state index in [4.69, 9.17) is 11.6 Å². The first-order valence-corrected chi connectivity index (χ1v) is 6.42. The van der Waals surface area contributed by atoms with Crippen LogP contribution in [0.2, 0.25) is 5.02 Å². The fourth-order valence-electron chi connectivity index (χ4n) is 1.90. The first-order valence-electron chi connectivity index (χ1n) is 6.04. The minimum Gasteiger partial charge on any atom is -0.394 e. The highest BCUT2D eigenvalue weighted by Crippen LogP contribution is 2.23. The molecule has 0 radical (unpaired) electrons. The number of aliphatic hydroxyl groups is 1. The number of hydrogen-bond acceptors (Lipinski definition) is 2. The summed E-state index contributed by atoms with van der Waals surface area (Å²) in [7, 11) is 0. The SMILES string of the molecule is OCC(NCc1ccccc1)c1cccc(Cl)c1F. The predicted molar refractivity (Wildman–Crippen MR) is 74.5 cm³/mol. The zero-order valence-electron chi connectivity index (χ0n) is 10.3. The van der Waals surface area contributed by atoms with E-state index in [1.807, 2.05) is 30.3 Å². The number of nitrogens with one attached hydrogen (secondary N) is 1. The molecule has 1 unspecified atom stereocenters. The molecule has 0 heterocycles. The van der Waals surface area contributed by atoms with Crippen molar-refractivity contribution in [1.82, 2.24) is 5.32 Å². The highest BCUT2D eigenvalue weighted by Gasteiger charge is 2.16.